The maximum atomic E-state index is 13.1. The summed E-state index contributed by atoms with van der Waals surface area (Å²) < 4.78 is 49.4. The Morgan fingerprint density at radius 1 is 0.221 bits per heavy atom. The van der Waals surface area contributed by atoms with E-state index in [0.29, 0.717) is 34.1 Å². The van der Waals surface area contributed by atoms with E-state index in [-0.39, 0.29) is 15.6 Å². The molecule has 0 aliphatic carbocycles. The van der Waals surface area contributed by atoms with Crippen molar-refractivity contribution in [3.63, 3.8) is 0 Å². The van der Waals surface area contributed by atoms with Crippen LogP contribution in [0.2, 0.25) is 0 Å². The zero-order valence-corrected chi connectivity index (χ0v) is 63.6. The van der Waals surface area contributed by atoms with Crippen molar-refractivity contribution in [3.8, 4) is 56.8 Å². The summed E-state index contributed by atoms with van der Waals surface area (Å²) in [5.41, 5.74) is 20.3. The van der Waals surface area contributed by atoms with Gasteiger partial charge in [0.15, 0.2) is 5.78 Å². The van der Waals surface area contributed by atoms with E-state index >= 15 is 0 Å². The van der Waals surface area contributed by atoms with Gasteiger partial charge in [0.2, 0.25) is 9.84 Å². The van der Waals surface area contributed by atoms with Crippen molar-refractivity contribution in [1.29, 1.82) is 0 Å². The van der Waals surface area contributed by atoms with E-state index in [0.717, 1.165) is 113 Å². The second kappa shape index (κ2) is 34.4. The summed E-state index contributed by atoms with van der Waals surface area (Å²) in [6, 6.07) is 136. The van der Waals surface area contributed by atoms with Crippen molar-refractivity contribution < 1.29 is 32.2 Å². The molecule has 0 fully saturated rings. The summed E-state index contributed by atoms with van der Waals surface area (Å²) in [5, 5.41) is 0. The van der Waals surface area contributed by atoms with Crippen LogP contribution >= 0.6 is 0 Å². The zero-order chi connectivity index (χ0) is 77.5. The molecular weight excluding hydrogens is 1410 g/mol. The largest absolute Gasteiger partial charge is 0.497 e. The lowest BCUT2D eigenvalue weighted by molar-refractivity contribution is 0.103. The smallest absolute Gasteiger partial charge is 0.206 e. The Labute approximate surface area is 660 Å². The Morgan fingerprint density at radius 2 is 0.407 bits per heavy atom. The second-order valence-electron chi connectivity index (χ2n) is 27.0. The first-order chi connectivity index (χ1) is 55.4. The van der Waals surface area contributed by atoms with Gasteiger partial charge in [-0.1, -0.05) is 169 Å². The lowest BCUT2D eigenvalue weighted by Crippen LogP contribution is -2.10. The van der Waals surface area contributed by atoms with E-state index in [1.54, 1.807) is 62.8 Å². The minimum atomic E-state index is -3.62. The van der Waals surface area contributed by atoms with Gasteiger partial charge in [-0.25, -0.2) is 8.42 Å². The number of hydrogen-bond acceptors (Lipinski definition) is 11. The molecule has 16 aromatic rings. The van der Waals surface area contributed by atoms with Gasteiger partial charge in [-0.15, -0.1) is 0 Å². The molecule has 0 heterocycles. The number of anilines is 12. The van der Waals surface area contributed by atoms with Crippen LogP contribution in [0.4, 0.5) is 68.2 Å². The number of nitrogens with zero attached hydrogens (tertiary/aromatic N) is 4. The summed E-state index contributed by atoms with van der Waals surface area (Å²) in [5.74, 6) is 4.18. The van der Waals surface area contributed by atoms with Crippen LogP contribution in [0.3, 0.4) is 0 Å². The Kier molecular flexibility index (Phi) is 22.5. The molecule has 0 aliphatic heterocycles. The summed E-state index contributed by atoms with van der Waals surface area (Å²) in [6.45, 7) is 3.94. The molecule has 16 rings (SSSR count). The highest BCUT2D eigenvalue weighted by Crippen LogP contribution is 2.43. The predicted octanol–water partition coefficient (Wildman–Crippen LogP) is 26.9. The van der Waals surface area contributed by atoms with Crippen LogP contribution < -0.4 is 38.5 Å². The number of para-hydroxylation sites is 4. The summed E-state index contributed by atoms with van der Waals surface area (Å²) in [6.07, 6.45) is 0. The number of rotatable bonds is 24. The summed E-state index contributed by atoms with van der Waals surface area (Å²) in [7, 11) is -0.263. The van der Waals surface area contributed by atoms with Gasteiger partial charge >= 0.3 is 0 Å². The predicted molar refractivity (Wildman–Crippen MR) is 460 cm³/mol. The van der Waals surface area contributed by atoms with Crippen molar-refractivity contribution in [2.24, 2.45) is 0 Å². The normalized spacial score (nSPS) is 10.9. The summed E-state index contributed by atoms with van der Waals surface area (Å²) in [4.78, 5) is 22.3. The maximum Gasteiger partial charge on any atom is 0.206 e. The van der Waals surface area contributed by atoms with Gasteiger partial charge in [-0.05, 0) is 291 Å². The number of benzene rings is 16. The number of hydrogen-bond donors (Lipinski definition) is 0. The third kappa shape index (κ3) is 17.5. The van der Waals surface area contributed by atoms with Crippen molar-refractivity contribution >= 4 is 83.9 Å². The fraction of sp³-hybridized carbons (Fsp3) is 0.0396. The van der Waals surface area contributed by atoms with Crippen LogP contribution in [0.15, 0.2) is 422 Å². The van der Waals surface area contributed by atoms with E-state index in [4.69, 9.17) is 18.9 Å². The van der Waals surface area contributed by atoms with Crippen LogP contribution in [0, 0.1) is 13.8 Å². The van der Waals surface area contributed by atoms with Gasteiger partial charge in [-0.2, -0.15) is 0 Å². The van der Waals surface area contributed by atoms with Gasteiger partial charge in [-0.3, -0.25) is 4.79 Å². The lowest BCUT2D eigenvalue weighted by Gasteiger charge is -2.26. The van der Waals surface area contributed by atoms with Gasteiger partial charge in [0, 0.05) is 79.4 Å². The fourth-order valence-corrected chi connectivity index (χ4v) is 14.7. The average molecular weight is 1490 g/mol. The van der Waals surface area contributed by atoms with Gasteiger partial charge < -0.3 is 38.5 Å². The number of ether oxygens (including phenoxy) is 4. The number of aryl methyl sites for hydroxylation is 2. The lowest BCUT2D eigenvalue weighted by atomic mass is 10.0. The van der Waals surface area contributed by atoms with Gasteiger partial charge in [0.1, 0.15) is 34.5 Å². The number of sulfone groups is 1. The Balaban J connectivity index is 0.000000178. The maximum absolute atomic E-state index is 13.1. The molecule has 0 radical (unpaired) electrons. The first-order valence-corrected chi connectivity index (χ1v) is 38.7. The third-order valence-corrected chi connectivity index (χ3v) is 21.2. The highest BCUT2D eigenvalue weighted by Gasteiger charge is 2.21. The standard InChI is InChI=1S/C51H40N2O3.C50H40N2O4S/c1-37-13-15-40(16-14-37)51(54)41-21-31-49(32-22-41)56-50-35-29-47(30-36-50)53(43-11-7-4-8-12-43)45-25-19-39(20-26-45)38-17-23-44(24-18-38)52(42-9-5-3-6-10-42)46-27-33-48(55-2)34-28-46;1-37-13-33-49(34-14-37)57(53,54)50-35-31-48(32-36-50)56-47-29-25-45(26-30-47)52(41-11-7-4-8-12-41)43-21-17-39(18-22-43)38-15-19-42(20-16-38)51(40-9-5-3-6-10-40)44-23-27-46(55-2)28-24-44/h3-36H,1-2H3;3-36H,1-2H3. The summed E-state index contributed by atoms with van der Waals surface area (Å²) >= 11 is 0. The Morgan fingerprint density at radius 3 is 0.655 bits per heavy atom. The van der Waals surface area contributed by atoms with E-state index in [9.17, 15) is 13.2 Å². The molecule has 552 valence electrons. The Hall–Kier alpha value is -14.5. The number of methoxy groups -OCH3 is 2. The molecule has 0 aromatic heterocycles. The molecule has 12 heteroatoms. The number of carbonyl (C=O) groups excluding carboxylic acids is 1. The Bertz CT molecular complexity index is 5900. The van der Waals surface area contributed by atoms with Crippen LogP contribution in [-0.2, 0) is 9.84 Å². The molecule has 0 saturated carbocycles. The molecule has 0 aliphatic rings. The van der Waals surface area contributed by atoms with Gasteiger partial charge in [0.05, 0.1) is 24.0 Å². The van der Waals surface area contributed by atoms with Crippen molar-refractivity contribution in [2.45, 2.75) is 23.6 Å². The SMILES string of the molecule is COc1ccc(N(c2ccccc2)c2ccc(-c3ccc(N(c4ccccc4)c4ccc(Oc5ccc(C(=O)c6ccc(C)cc6)cc5)cc4)cc3)cc2)cc1.COc1ccc(N(c2ccccc2)c2ccc(-c3ccc(N(c4ccccc4)c4ccc(Oc5ccc(S(=O)(=O)c6ccc(C)cc6)cc5)cc4)cc3)cc2)cc1. The van der Waals surface area contributed by atoms with Gasteiger partial charge in [0.25, 0.3) is 0 Å². The van der Waals surface area contributed by atoms with Crippen molar-refractivity contribution in [3.05, 3.63) is 435 Å². The fourth-order valence-electron chi connectivity index (χ4n) is 13.5. The molecule has 0 amide bonds. The van der Waals surface area contributed by atoms with Crippen LogP contribution in [-0.4, -0.2) is 28.4 Å². The van der Waals surface area contributed by atoms with E-state index in [2.05, 4.69) is 214 Å². The molecule has 16 aromatic carbocycles. The molecule has 0 bridgehead atoms. The highest BCUT2D eigenvalue weighted by atomic mass is 32.2. The topological polar surface area (TPSA) is 101 Å². The average Bonchev–Trinajstić information content (AvgIpc) is 0.855. The quantitative estimate of drug-likeness (QED) is 0.0541. The van der Waals surface area contributed by atoms with E-state index in [1.165, 1.54) is 0 Å². The van der Waals surface area contributed by atoms with Crippen LogP contribution in [0.25, 0.3) is 22.3 Å². The second-order valence-corrected chi connectivity index (χ2v) is 28.9. The number of ketones is 1. The molecule has 0 unspecified atom stereocenters. The van der Waals surface area contributed by atoms with Crippen LogP contribution in [0.1, 0.15) is 27.0 Å². The molecule has 113 heavy (non-hydrogen) atoms. The first kappa shape index (κ1) is 74.0. The minimum Gasteiger partial charge on any atom is -0.497 e. The van der Waals surface area contributed by atoms with Crippen LogP contribution in [0.5, 0.6) is 34.5 Å². The number of carbonyl (C=O) groups is 1. The highest BCUT2D eigenvalue weighted by molar-refractivity contribution is 7.91. The van der Waals surface area contributed by atoms with E-state index < -0.39 is 9.84 Å². The monoisotopic (exact) mass is 1490 g/mol. The minimum absolute atomic E-state index is 0.0104. The molecule has 0 saturated heterocycles. The molecular formula is C101H80N4O7S. The first-order valence-electron chi connectivity index (χ1n) is 37.2. The molecule has 11 nitrogen and oxygen atoms in total. The van der Waals surface area contributed by atoms with Crippen molar-refractivity contribution in [1.82, 2.24) is 0 Å². The zero-order valence-electron chi connectivity index (χ0n) is 62.8. The van der Waals surface area contributed by atoms with Crippen molar-refractivity contribution in [2.75, 3.05) is 33.8 Å². The third-order valence-electron chi connectivity index (χ3n) is 19.4. The molecule has 0 atom stereocenters. The van der Waals surface area contributed by atoms with E-state index in [1.807, 2.05) is 184 Å². The molecule has 0 spiro atoms. The molecule has 0 N–H and O–H groups in total.